The van der Waals surface area contributed by atoms with E-state index in [-0.39, 0.29) is 0 Å². The third-order valence-electron chi connectivity index (χ3n) is 0.247. The third kappa shape index (κ3) is 3.41. The van der Waals surface area contributed by atoms with Gasteiger partial charge in [0.1, 0.15) is 0 Å². The van der Waals surface area contributed by atoms with E-state index in [0.29, 0.717) is 0 Å². The van der Waals surface area contributed by atoms with Crippen LogP contribution in [0.4, 0.5) is 0 Å². The van der Waals surface area contributed by atoms with Crippen LogP contribution in [0.1, 0.15) is 0 Å². The Labute approximate surface area is 81.1 Å². The molecule has 0 saturated heterocycles. The second-order valence-electron chi connectivity index (χ2n) is 0.638. The molecule has 0 heterocycles. The number of hydrogen-bond donors (Lipinski definition) is 0. The molecule has 0 aliphatic carbocycles. The Balaban J connectivity index is 3.58. The van der Waals surface area contributed by atoms with Crippen LogP contribution in [0.15, 0.2) is 0 Å². The molecule has 0 aliphatic heterocycles. The zero-order chi connectivity index (χ0) is 6.62. The Morgan fingerprint density at radius 1 is 0.875 bits per heavy atom. The summed E-state index contributed by atoms with van der Waals surface area (Å²) in [5.74, 6) is 0. The van der Waals surface area contributed by atoms with Crippen LogP contribution in [0, 0.1) is 0 Å². The number of halogens is 4. The first-order valence-electron chi connectivity index (χ1n) is 1.18. The molecule has 50 valence electrons. The molecular weight excluding hydrogens is 399 g/mol. The average molecular weight is 399 g/mol. The van der Waals surface area contributed by atoms with Crippen LogP contribution in [0.25, 0.3) is 0 Å². The summed E-state index contributed by atoms with van der Waals surface area (Å²) in [6.45, 7) is -2.35. The highest BCUT2D eigenvalue weighted by Crippen LogP contribution is 2.73. The van der Waals surface area contributed by atoms with Crippen molar-refractivity contribution in [2.45, 2.75) is 0 Å². The Hall–Kier alpha value is 2.23. The van der Waals surface area contributed by atoms with E-state index >= 15 is 0 Å². The molecule has 0 amide bonds. The van der Waals surface area contributed by atoms with Gasteiger partial charge in [0.25, 0.3) is 15.5 Å². The lowest BCUT2D eigenvalue weighted by atomic mass is 15.8. The van der Waals surface area contributed by atoms with Gasteiger partial charge in [-0.15, -0.1) is 0 Å². The molecule has 3 nitrogen and oxygen atoms in total. The van der Waals surface area contributed by atoms with Crippen LogP contribution in [0.5, 0.6) is 0 Å². The fourth-order valence-corrected chi connectivity index (χ4v) is 2.59. The second-order valence-corrected chi connectivity index (χ2v) is 7.13. The quantitative estimate of drug-likeness (QED) is 0.672. The van der Waals surface area contributed by atoms with E-state index in [2.05, 4.69) is 75.1 Å². The molecule has 0 aliphatic rings. The van der Waals surface area contributed by atoms with Crippen molar-refractivity contribution in [2.75, 3.05) is 0 Å². The smallest absolute Gasteiger partial charge is 0.0871 e. The van der Waals surface area contributed by atoms with Crippen LogP contribution in [0.3, 0.4) is 0 Å². The van der Waals surface area contributed by atoms with Crippen molar-refractivity contribution in [1.82, 2.24) is 0 Å². The summed E-state index contributed by atoms with van der Waals surface area (Å²) in [4.78, 5) is 0. The number of hydrogen-bond acceptors (Lipinski definition) is 3. The highest BCUT2D eigenvalue weighted by atomic mass is 79.9. The molecule has 0 aromatic heterocycles. The van der Waals surface area contributed by atoms with Gasteiger partial charge in [-0.25, -0.2) is 0 Å². The second kappa shape index (κ2) is 4.96. The van der Waals surface area contributed by atoms with Gasteiger partial charge in [-0.3, -0.25) is 0 Å². The number of rotatable bonds is 3. The molecule has 0 saturated carbocycles. The highest BCUT2D eigenvalue weighted by Gasteiger charge is 2.43. The Kier molecular flexibility index (Phi) is 6.34. The van der Waals surface area contributed by atoms with E-state index in [1.54, 1.807) is 0 Å². The maximum Gasteiger partial charge on any atom is 0.522 e. The standard InChI is InChI=1S/Br4O3P/c1-5-8(4,6-2)7-3/q+1. The molecule has 0 N–H and O–H groups in total. The lowest BCUT2D eigenvalue weighted by Crippen LogP contribution is -1.78. The minimum atomic E-state index is -2.35. The summed E-state index contributed by atoms with van der Waals surface area (Å²) < 4.78 is 13.6. The first-order valence-corrected chi connectivity index (χ1v) is 6.68. The molecule has 0 unspecified atom stereocenters. The van der Waals surface area contributed by atoms with E-state index in [0.717, 1.165) is 0 Å². The lowest BCUT2D eigenvalue weighted by Gasteiger charge is -2.00. The van der Waals surface area contributed by atoms with Gasteiger partial charge in [0.15, 0.2) is 48.8 Å². The van der Waals surface area contributed by atoms with E-state index in [1.165, 1.54) is 0 Å². The maximum atomic E-state index is 4.54. The van der Waals surface area contributed by atoms with E-state index in [1.807, 2.05) is 0 Å². The van der Waals surface area contributed by atoms with Gasteiger partial charge in [-0.2, -0.15) is 0 Å². The van der Waals surface area contributed by atoms with Crippen LogP contribution >= 0.6 is 70.9 Å². The summed E-state index contributed by atoms with van der Waals surface area (Å²) >= 11 is 11.0. The monoisotopic (exact) mass is 395 g/mol. The molecule has 0 fully saturated rings. The fourth-order valence-electron chi connectivity index (χ4n) is 0.0319. The minimum absolute atomic E-state index is 2.35. The summed E-state index contributed by atoms with van der Waals surface area (Å²) in [6, 6.07) is 0. The van der Waals surface area contributed by atoms with Crippen LogP contribution in [0.2, 0.25) is 0 Å². The van der Waals surface area contributed by atoms with Gasteiger partial charge < -0.3 is 0 Å². The lowest BCUT2D eigenvalue weighted by molar-refractivity contribution is 0.493. The molecular formula is Br4O3P+. The van der Waals surface area contributed by atoms with Crippen LogP contribution in [-0.2, 0) is 10.8 Å². The SMILES string of the molecule is BrO[P+](Br)(OBr)OBr. The van der Waals surface area contributed by atoms with Gasteiger partial charge in [0.05, 0.1) is 0 Å². The Bertz CT molecular complexity index is 54.0. The maximum absolute atomic E-state index is 4.54. The van der Waals surface area contributed by atoms with Gasteiger partial charge in [0.2, 0.25) is 0 Å². The van der Waals surface area contributed by atoms with Gasteiger partial charge in [0, 0.05) is 0 Å². The highest BCUT2D eigenvalue weighted by molar-refractivity contribution is 9.42. The van der Waals surface area contributed by atoms with Crippen molar-refractivity contribution in [3.8, 4) is 0 Å². The normalized spacial score (nSPS) is 12.0. The molecule has 0 aromatic carbocycles. The first-order chi connectivity index (χ1) is 3.68. The topological polar surface area (TPSA) is 27.7 Å². The van der Waals surface area contributed by atoms with Crippen LogP contribution in [-0.4, -0.2) is 0 Å². The first kappa shape index (κ1) is 10.2. The van der Waals surface area contributed by atoms with Crippen molar-refractivity contribution in [3.05, 3.63) is 0 Å². The summed E-state index contributed by atoms with van der Waals surface area (Å²) in [5, 5.41) is 0. The minimum Gasteiger partial charge on any atom is -0.0871 e. The van der Waals surface area contributed by atoms with Gasteiger partial charge in [-0.1, -0.05) is 10.8 Å². The molecule has 0 atom stereocenters. The van der Waals surface area contributed by atoms with Crippen molar-refractivity contribution in [3.63, 3.8) is 0 Å². The molecule has 0 rings (SSSR count). The van der Waals surface area contributed by atoms with Crippen LogP contribution < -0.4 is 0 Å². The predicted octanol–water partition coefficient (Wildman–Crippen LogP) is 4.04. The van der Waals surface area contributed by atoms with E-state index in [4.69, 9.17) is 0 Å². The molecule has 0 aromatic rings. The van der Waals surface area contributed by atoms with Crippen molar-refractivity contribution in [2.24, 2.45) is 0 Å². The summed E-state index contributed by atoms with van der Waals surface area (Å²) in [5.41, 5.74) is 0. The van der Waals surface area contributed by atoms with Gasteiger partial charge >= 0.3 is 6.65 Å². The third-order valence-corrected chi connectivity index (χ3v) is 8.97. The fraction of sp³-hybridized carbons (Fsp3) is 0. The van der Waals surface area contributed by atoms with E-state index in [9.17, 15) is 0 Å². The largest absolute Gasteiger partial charge is 0.522 e. The molecule has 0 radical (unpaired) electrons. The molecule has 0 bridgehead atoms. The predicted molar refractivity (Wildman–Crippen MR) is 45.9 cm³/mol. The molecule has 8 heteroatoms. The zero-order valence-electron chi connectivity index (χ0n) is 3.18. The Morgan fingerprint density at radius 3 is 1.12 bits per heavy atom. The average Bonchev–Trinajstić information content (AvgIpc) is 1.87. The molecule has 0 spiro atoms. The summed E-state index contributed by atoms with van der Waals surface area (Å²) in [6.07, 6.45) is 0. The van der Waals surface area contributed by atoms with Crippen molar-refractivity contribution < 1.29 is 10.8 Å². The van der Waals surface area contributed by atoms with Gasteiger partial charge in [-0.05, 0) is 0 Å². The molecule has 8 heavy (non-hydrogen) atoms. The van der Waals surface area contributed by atoms with E-state index < -0.39 is 6.65 Å². The zero-order valence-corrected chi connectivity index (χ0v) is 10.4. The summed E-state index contributed by atoms with van der Waals surface area (Å²) in [7, 11) is 0. The Morgan fingerprint density at radius 2 is 1.12 bits per heavy atom. The van der Waals surface area contributed by atoms with Crippen molar-refractivity contribution >= 4 is 70.9 Å². The van der Waals surface area contributed by atoms with Crippen molar-refractivity contribution in [1.29, 1.82) is 0 Å².